The van der Waals surface area contributed by atoms with Gasteiger partial charge in [-0.25, -0.2) is 0 Å². The summed E-state index contributed by atoms with van der Waals surface area (Å²) in [5.74, 6) is 0. The van der Waals surface area contributed by atoms with Crippen molar-refractivity contribution in [3.8, 4) is 0 Å². The van der Waals surface area contributed by atoms with Gasteiger partial charge >= 0.3 is 0 Å². The zero-order valence-electron chi connectivity index (χ0n) is 67.0. The van der Waals surface area contributed by atoms with E-state index in [0.29, 0.717) is 6.04 Å². The average molecular weight is 1860 g/mol. The number of aryl methyl sites for hydroxylation is 6. The summed E-state index contributed by atoms with van der Waals surface area (Å²) < 4.78 is 11.9. The maximum absolute atomic E-state index is 4.36. The Morgan fingerprint density at radius 3 is 0.833 bits per heavy atom. The van der Waals surface area contributed by atoms with Gasteiger partial charge < -0.3 is 38.5 Å². The van der Waals surface area contributed by atoms with Crippen LogP contribution in [-0.2, 0) is 203 Å². The molecule has 5 atom stereocenters. The van der Waals surface area contributed by atoms with Crippen molar-refractivity contribution in [2.24, 2.45) is 0 Å². The molecule has 0 fully saturated rings. The first-order valence-corrected chi connectivity index (χ1v) is 39.1. The second-order valence-electron chi connectivity index (χ2n) is 27.4. The minimum Gasteiger partial charge on any atom is -0.308 e. The fraction of sp³-hybridized carbons (Fsp3) is 0.769. The van der Waals surface area contributed by atoms with Crippen molar-refractivity contribution in [2.75, 3.05) is 0 Å². The summed E-state index contributed by atoms with van der Waals surface area (Å²) >= 11 is 0. The molecule has 0 aliphatic carbocycles. The van der Waals surface area contributed by atoms with Crippen molar-refractivity contribution in [3.05, 3.63) is 110 Å². The van der Waals surface area contributed by atoms with E-state index >= 15 is 0 Å². The average Bonchev–Trinajstić information content (AvgIpc) is 1.71. The van der Waals surface area contributed by atoms with Gasteiger partial charge in [0, 0.05) is 227 Å². The first-order valence-electron chi connectivity index (χ1n) is 39.1. The minimum atomic E-state index is 0. The Balaban J connectivity index is -0.000000637. The third kappa shape index (κ3) is 54.2. The summed E-state index contributed by atoms with van der Waals surface area (Å²) in [7, 11) is 0. The van der Waals surface area contributed by atoms with Crippen molar-refractivity contribution in [1.29, 1.82) is 0 Å². The van der Waals surface area contributed by atoms with Gasteiger partial charge in [-0.3, -0.25) is 28.1 Å². The van der Waals surface area contributed by atoms with Crippen molar-refractivity contribution < 1.29 is 196 Å². The van der Waals surface area contributed by atoms with Crippen molar-refractivity contribution in [2.45, 2.75) is 390 Å². The van der Waals surface area contributed by atoms with Gasteiger partial charge in [-0.1, -0.05) is 341 Å². The number of hydrogen-bond donors (Lipinski definition) is 0. The monoisotopic (exact) mass is 1860 g/mol. The molecule has 6 aromatic heterocycles. The normalized spacial score (nSPS) is 12.2. The molecule has 5 unspecified atom stereocenters. The molecule has 102 heavy (non-hydrogen) atoms. The molecule has 0 N–H and O–H groups in total. The molecule has 566 valence electrons. The fourth-order valence-corrected chi connectivity index (χ4v) is 12.1. The van der Waals surface area contributed by atoms with Crippen molar-refractivity contribution >= 4 is 0 Å². The molecule has 0 spiro atoms. The van der Waals surface area contributed by atoms with E-state index in [4.69, 9.17) is 0 Å². The summed E-state index contributed by atoms with van der Waals surface area (Å²) in [6.45, 7) is 28.5. The number of hydrogen-bond acceptors (Lipinski definition) is 12. The predicted molar refractivity (Wildman–Crippen MR) is 399 cm³/mol. The molecular formula is C78H140N18Y6-6. The van der Waals surface area contributed by atoms with E-state index in [1.54, 1.807) is 6.20 Å². The zero-order chi connectivity index (χ0) is 69.5. The first kappa shape index (κ1) is 110. The first-order chi connectivity index (χ1) is 46.9. The second kappa shape index (κ2) is 75.2. The van der Waals surface area contributed by atoms with E-state index in [1.165, 1.54) is 218 Å². The Kier molecular flexibility index (Phi) is 80.9. The minimum absolute atomic E-state index is 0. The molecule has 18 nitrogen and oxygen atoms in total. The predicted octanol–water partition coefficient (Wildman–Crippen LogP) is 21.6. The summed E-state index contributed by atoms with van der Waals surface area (Å²) in [5, 5.41) is 50.6. The van der Waals surface area contributed by atoms with Crippen LogP contribution in [0.25, 0.3) is 0 Å². The van der Waals surface area contributed by atoms with E-state index in [-0.39, 0.29) is 220 Å². The van der Waals surface area contributed by atoms with Crippen LogP contribution in [0, 0.1) is 80.1 Å². The zero-order valence-corrected chi connectivity index (χ0v) is 84.1. The van der Waals surface area contributed by atoms with Crippen LogP contribution in [0.1, 0.15) is 376 Å². The van der Waals surface area contributed by atoms with Gasteiger partial charge in [0.1, 0.15) is 0 Å². The molecule has 24 heteroatoms. The van der Waals surface area contributed by atoms with Crippen LogP contribution in [0.5, 0.6) is 0 Å². The largest absolute Gasteiger partial charge is 0.308 e. The SMILES string of the molecule is CCCCCCCCCCCCCCC.CCCCCCC[CH-]C(CCCCCC)n1cc(C)nn1.CCCCCCC[CH-]C(C[CH-]C(CCC)n1cc(C)nn1)n1cc(C)nn1.CCCCCCC[CH-]C(C[CH-]C(C[CH-]Cn1nncc1C)n1cc(C)nn1)n1cc(C)nn1.[Y].[Y].[Y].[Y].[Y].[Y]. The van der Waals surface area contributed by atoms with E-state index in [1.807, 2.05) is 89.7 Å². The third-order valence-corrected chi connectivity index (χ3v) is 18.0. The van der Waals surface area contributed by atoms with Crippen LogP contribution in [0.2, 0.25) is 0 Å². The molecule has 0 aliphatic heterocycles. The molecule has 0 bridgehead atoms. The number of nitrogens with zero attached hydrogens (tertiary/aromatic N) is 18. The molecule has 6 heterocycles. The number of aromatic nitrogens is 18. The van der Waals surface area contributed by atoms with E-state index in [0.717, 1.165) is 85.7 Å². The van der Waals surface area contributed by atoms with Crippen molar-refractivity contribution in [1.82, 2.24) is 90.0 Å². The van der Waals surface area contributed by atoms with Crippen LogP contribution in [0.15, 0.2) is 37.2 Å². The molecule has 0 aliphatic rings. The van der Waals surface area contributed by atoms with Gasteiger partial charge in [0.05, 0.1) is 40.4 Å². The summed E-state index contributed by atoms with van der Waals surface area (Å²) in [5.41, 5.74) is 5.86. The van der Waals surface area contributed by atoms with Crippen LogP contribution < -0.4 is 0 Å². The van der Waals surface area contributed by atoms with Crippen molar-refractivity contribution in [3.63, 3.8) is 0 Å². The maximum Gasteiger partial charge on any atom is 0.0795 e. The molecule has 0 saturated heterocycles. The summed E-state index contributed by atoms with van der Waals surface area (Å²) in [4.78, 5) is 0. The molecule has 6 radical (unpaired) electrons. The fourth-order valence-electron chi connectivity index (χ4n) is 12.1. The molecular weight excluding hydrogens is 1720 g/mol. The molecule has 6 rings (SSSR count). The van der Waals surface area contributed by atoms with E-state index in [9.17, 15) is 0 Å². The number of unbranched alkanes of at least 4 members (excludes halogenated alkanes) is 30. The van der Waals surface area contributed by atoms with Crippen LogP contribution in [-0.4, -0.2) is 90.0 Å². The molecule has 6 aromatic rings. The maximum atomic E-state index is 4.36. The Hall–Kier alpha value is 1.46. The van der Waals surface area contributed by atoms with Crippen LogP contribution >= 0.6 is 0 Å². The van der Waals surface area contributed by atoms with Gasteiger partial charge in [-0.2, -0.15) is 38.5 Å². The Bertz CT molecular complexity index is 2660. The topological polar surface area (TPSA) is 184 Å². The summed E-state index contributed by atoms with van der Waals surface area (Å²) in [6, 6.07) is 1.26. The van der Waals surface area contributed by atoms with Gasteiger partial charge in [-0.15, -0.1) is 30.6 Å². The Morgan fingerprint density at radius 2 is 0.549 bits per heavy atom. The Morgan fingerprint density at radius 1 is 0.284 bits per heavy atom. The van der Waals surface area contributed by atoms with Crippen LogP contribution in [0.3, 0.4) is 0 Å². The standard InChI is InChI=1S/C24H38N9.C21H36N6.C18H34N3.C15H32.6Y/c1-5-6-7-8-9-10-12-23(32-18-20(2)26-29-32)14-15-24(33-19-21(3)27-30-33)13-11-16-31-22(4)17-25-28-31;1-5-7-8-9-10-11-13-21(27-17-19(4)23-25-27)15-14-20(12-6-2)26-16-18(3)22-24-26;1-4-6-8-10-11-13-15-18(14-12-9-7-5-2)21-16-17(3)19-20-21;1-3-5-7-9-11-13-15-14-12-10-8-6-4-2;;;;;;/h11-12,15,17-19,23-24H,5-10,13-14,16H2,1-4H3;13-14,16-17,20-21H,5-12,15H2,1-4H3;15-16,18H,4-14H2,1-3H3;3-15H2,1-2H3;;;;;;/q-3;-2;-1;;;;;;;. The van der Waals surface area contributed by atoms with Crippen LogP contribution in [0.4, 0.5) is 0 Å². The van der Waals surface area contributed by atoms with Gasteiger partial charge in [0.2, 0.25) is 0 Å². The van der Waals surface area contributed by atoms with Gasteiger partial charge in [0.25, 0.3) is 0 Å². The molecule has 0 aromatic carbocycles. The molecule has 0 saturated carbocycles. The smallest absolute Gasteiger partial charge is 0.0795 e. The van der Waals surface area contributed by atoms with E-state index < -0.39 is 0 Å². The Labute approximate surface area is 775 Å². The third-order valence-electron chi connectivity index (χ3n) is 18.0. The summed E-state index contributed by atoms with van der Waals surface area (Å²) in [6.07, 6.45) is 79.5. The molecule has 0 amide bonds. The van der Waals surface area contributed by atoms with Gasteiger partial charge in [-0.05, 0) is 41.5 Å². The second-order valence-corrected chi connectivity index (χ2v) is 27.4. The van der Waals surface area contributed by atoms with Gasteiger partial charge in [0.15, 0.2) is 0 Å². The quantitative estimate of drug-likeness (QED) is 0.0260. The van der Waals surface area contributed by atoms with E-state index in [2.05, 4.69) is 160 Å². The number of rotatable bonds is 55.